The molecule has 3 aromatic carbocycles. The van der Waals surface area contributed by atoms with E-state index in [0.717, 1.165) is 10.8 Å². The third-order valence-electron chi connectivity index (χ3n) is 2.58. The summed E-state index contributed by atoms with van der Waals surface area (Å²) in [7, 11) is 0. The average molecular weight is 194 g/mol. The van der Waals surface area contributed by atoms with Gasteiger partial charge in [-0.2, -0.15) is 0 Å². The summed E-state index contributed by atoms with van der Waals surface area (Å²) in [5.41, 5.74) is 0. The first-order valence-electron chi connectivity index (χ1n) is 4.74. The van der Waals surface area contributed by atoms with Gasteiger partial charge in [-0.3, -0.25) is 0 Å². The van der Waals surface area contributed by atoms with Crippen molar-refractivity contribution in [3.63, 3.8) is 0 Å². The van der Waals surface area contributed by atoms with Crippen LogP contribution in [0.3, 0.4) is 0 Å². The first-order valence-corrected chi connectivity index (χ1v) is 4.74. The van der Waals surface area contributed by atoms with Gasteiger partial charge >= 0.3 is 0 Å². The summed E-state index contributed by atoms with van der Waals surface area (Å²) >= 11 is 0. The SMILES string of the molecule is Fc1c2c[c]ccc2cc2c[c]ccc12. The van der Waals surface area contributed by atoms with Crippen molar-refractivity contribution < 1.29 is 4.39 Å². The summed E-state index contributed by atoms with van der Waals surface area (Å²) in [5, 5.41) is 3.05. The van der Waals surface area contributed by atoms with Crippen LogP contribution in [0.25, 0.3) is 21.5 Å². The van der Waals surface area contributed by atoms with Gasteiger partial charge in [0.1, 0.15) is 5.82 Å². The topological polar surface area (TPSA) is 0 Å². The van der Waals surface area contributed by atoms with Crippen molar-refractivity contribution >= 4 is 21.5 Å². The molecule has 0 saturated heterocycles. The summed E-state index contributed by atoms with van der Waals surface area (Å²) in [6.45, 7) is 0. The fraction of sp³-hybridized carbons (Fsp3) is 0. The lowest BCUT2D eigenvalue weighted by molar-refractivity contribution is 0.651. The summed E-state index contributed by atoms with van der Waals surface area (Å²) in [6, 6.07) is 18.4. The molecule has 0 aliphatic heterocycles. The zero-order valence-electron chi connectivity index (χ0n) is 7.92. The Morgan fingerprint density at radius 3 is 2.60 bits per heavy atom. The van der Waals surface area contributed by atoms with Gasteiger partial charge in [0.05, 0.1) is 0 Å². The van der Waals surface area contributed by atoms with E-state index >= 15 is 0 Å². The first kappa shape index (κ1) is 8.42. The Balaban J connectivity index is 2.60. The Kier molecular flexibility index (Phi) is 1.72. The third-order valence-corrected chi connectivity index (χ3v) is 2.58. The molecular weight excluding hydrogens is 187 g/mol. The molecule has 15 heavy (non-hydrogen) atoms. The molecule has 0 N–H and O–H groups in total. The fourth-order valence-electron chi connectivity index (χ4n) is 1.83. The standard InChI is InChI=1S/C14H7F/c15-14-12-7-3-1-5-10(12)9-11-6-2-4-8-13(11)14/h1,4-9H. The molecule has 0 bridgehead atoms. The molecule has 3 aromatic rings. The Bertz CT molecular complexity index is 587. The van der Waals surface area contributed by atoms with E-state index in [4.69, 9.17) is 0 Å². The maximum absolute atomic E-state index is 14.0. The Morgan fingerprint density at radius 1 is 0.867 bits per heavy atom. The minimum atomic E-state index is -0.173. The van der Waals surface area contributed by atoms with Gasteiger partial charge in [-0.1, -0.05) is 24.3 Å². The maximum atomic E-state index is 14.0. The van der Waals surface area contributed by atoms with Crippen LogP contribution in [0.4, 0.5) is 4.39 Å². The van der Waals surface area contributed by atoms with Gasteiger partial charge in [-0.15, -0.1) is 0 Å². The van der Waals surface area contributed by atoms with E-state index in [-0.39, 0.29) is 5.82 Å². The molecule has 0 aliphatic carbocycles. The smallest absolute Gasteiger partial charge is 0.138 e. The highest BCUT2D eigenvalue weighted by Crippen LogP contribution is 2.26. The molecule has 1 heteroatoms. The molecule has 2 radical (unpaired) electrons. The molecular formula is C14H7F. The first-order chi connectivity index (χ1) is 7.36. The number of fused-ring (bicyclic) bond motifs is 2. The maximum Gasteiger partial charge on any atom is 0.138 e. The normalized spacial score (nSPS) is 11.0. The molecule has 0 unspecified atom stereocenters. The van der Waals surface area contributed by atoms with Gasteiger partial charge in [0.25, 0.3) is 0 Å². The van der Waals surface area contributed by atoms with Crippen LogP contribution in [0.15, 0.2) is 42.5 Å². The number of benzene rings is 3. The molecule has 0 spiro atoms. The molecule has 0 amide bonds. The second-order valence-electron chi connectivity index (χ2n) is 3.49. The van der Waals surface area contributed by atoms with Crippen molar-refractivity contribution in [3.05, 3.63) is 60.4 Å². The molecule has 0 aliphatic rings. The highest BCUT2D eigenvalue weighted by atomic mass is 19.1. The number of halogens is 1. The second-order valence-corrected chi connectivity index (χ2v) is 3.49. The quantitative estimate of drug-likeness (QED) is 0.478. The van der Waals surface area contributed by atoms with Crippen LogP contribution in [0, 0.1) is 17.9 Å². The molecule has 0 nitrogen and oxygen atoms in total. The minimum absolute atomic E-state index is 0.173. The van der Waals surface area contributed by atoms with E-state index in [2.05, 4.69) is 12.1 Å². The summed E-state index contributed by atoms with van der Waals surface area (Å²) in [5.74, 6) is -0.173. The minimum Gasteiger partial charge on any atom is -0.206 e. The molecule has 3 rings (SSSR count). The van der Waals surface area contributed by atoms with Gasteiger partial charge in [0, 0.05) is 10.8 Å². The van der Waals surface area contributed by atoms with Crippen LogP contribution in [0.1, 0.15) is 0 Å². The van der Waals surface area contributed by atoms with E-state index in [1.807, 2.05) is 12.1 Å². The Morgan fingerprint density at radius 2 is 1.67 bits per heavy atom. The van der Waals surface area contributed by atoms with Crippen molar-refractivity contribution in [1.82, 2.24) is 0 Å². The monoisotopic (exact) mass is 194 g/mol. The number of rotatable bonds is 0. The average Bonchev–Trinajstić information content (AvgIpc) is 2.30. The third kappa shape index (κ3) is 1.20. The zero-order chi connectivity index (χ0) is 10.3. The van der Waals surface area contributed by atoms with Crippen LogP contribution in [0.5, 0.6) is 0 Å². The predicted octanol–water partition coefficient (Wildman–Crippen LogP) is 3.73. The van der Waals surface area contributed by atoms with Gasteiger partial charge < -0.3 is 0 Å². The zero-order valence-corrected chi connectivity index (χ0v) is 7.92. The van der Waals surface area contributed by atoms with Crippen LogP contribution in [-0.4, -0.2) is 0 Å². The highest BCUT2D eigenvalue weighted by molar-refractivity contribution is 5.98. The van der Waals surface area contributed by atoms with Crippen LogP contribution < -0.4 is 0 Å². The van der Waals surface area contributed by atoms with Crippen molar-refractivity contribution in [3.8, 4) is 0 Å². The fourth-order valence-corrected chi connectivity index (χ4v) is 1.83. The van der Waals surface area contributed by atoms with Crippen molar-refractivity contribution in [2.24, 2.45) is 0 Å². The molecule has 0 heterocycles. The second kappa shape index (κ2) is 3.06. The van der Waals surface area contributed by atoms with E-state index in [0.29, 0.717) is 10.8 Å². The Hall–Kier alpha value is -1.89. The van der Waals surface area contributed by atoms with Crippen molar-refractivity contribution in [2.45, 2.75) is 0 Å². The number of hydrogen-bond donors (Lipinski definition) is 0. The van der Waals surface area contributed by atoms with Gasteiger partial charge in [0.15, 0.2) is 0 Å². The lowest BCUT2D eigenvalue weighted by Gasteiger charge is -2.03. The lowest BCUT2D eigenvalue weighted by Crippen LogP contribution is -1.83. The molecule has 70 valence electrons. The molecule has 0 aromatic heterocycles. The Labute approximate surface area is 87.0 Å². The summed E-state index contributed by atoms with van der Waals surface area (Å²) in [4.78, 5) is 0. The van der Waals surface area contributed by atoms with E-state index in [9.17, 15) is 4.39 Å². The molecule has 0 saturated carbocycles. The van der Waals surface area contributed by atoms with Crippen molar-refractivity contribution in [1.29, 1.82) is 0 Å². The largest absolute Gasteiger partial charge is 0.206 e. The van der Waals surface area contributed by atoms with Crippen LogP contribution in [-0.2, 0) is 0 Å². The van der Waals surface area contributed by atoms with Gasteiger partial charge in [-0.25, -0.2) is 4.39 Å². The molecule has 0 fully saturated rings. The van der Waals surface area contributed by atoms with Gasteiger partial charge in [-0.05, 0) is 41.1 Å². The van der Waals surface area contributed by atoms with Gasteiger partial charge in [0.2, 0.25) is 0 Å². The summed E-state index contributed by atoms with van der Waals surface area (Å²) in [6.07, 6.45) is 0. The number of hydrogen-bond acceptors (Lipinski definition) is 0. The van der Waals surface area contributed by atoms with Crippen molar-refractivity contribution in [2.75, 3.05) is 0 Å². The van der Waals surface area contributed by atoms with E-state index in [1.165, 1.54) is 0 Å². The van der Waals surface area contributed by atoms with Crippen LogP contribution in [0.2, 0.25) is 0 Å². The lowest BCUT2D eigenvalue weighted by atomic mass is 10.0. The highest BCUT2D eigenvalue weighted by Gasteiger charge is 2.05. The van der Waals surface area contributed by atoms with E-state index in [1.54, 1.807) is 30.3 Å². The van der Waals surface area contributed by atoms with Crippen LogP contribution >= 0.6 is 0 Å². The summed E-state index contributed by atoms with van der Waals surface area (Å²) < 4.78 is 14.0. The molecule has 0 atom stereocenters. The predicted molar refractivity (Wildman–Crippen MR) is 59.1 cm³/mol. The van der Waals surface area contributed by atoms with E-state index < -0.39 is 0 Å².